The molecule has 1 atom stereocenters. The Labute approximate surface area is 47.4 Å². The van der Waals surface area contributed by atoms with Crippen LogP contribution in [0.15, 0.2) is 0 Å². The first-order valence-corrected chi connectivity index (χ1v) is 2.28. The minimum Gasteiger partial charge on any atom is -0.373 e. The van der Waals surface area contributed by atoms with Gasteiger partial charge in [-0.05, 0) is 18.5 Å². The number of ether oxygens (including phenoxy) is 1. The third kappa shape index (κ3) is 2.60. The van der Waals surface area contributed by atoms with Crippen LogP contribution in [0, 0.1) is 0 Å². The molecule has 0 saturated carbocycles. The van der Waals surface area contributed by atoms with E-state index in [1.54, 1.807) is 6.92 Å². The van der Waals surface area contributed by atoms with Crippen molar-refractivity contribution in [2.75, 3.05) is 7.11 Å². The SMILES string of the molecule is CO[C@H](C)C(=O)Cl. The lowest BCUT2D eigenvalue weighted by atomic mass is 10.5. The highest BCUT2D eigenvalue weighted by atomic mass is 35.5. The quantitative estimate of drug-likeness (QED) is 0.506. The molecule has 3 heteroatoms. The van der Waals surface area contributed by atoms with E-state index in [1.165, 1.54) is 7.11 Å². The second kappa shape index (κ2) is 2.99. The van der Waals surface area contributed by atoms with Crippen LogP contribution in [0.1, 0.15) is 6.92 Å². The second-order valence-corrected chi connectivity index (χ2v) is 1.55. The molecule has 0 aromatic rings. The van der Waals surface area contributed by atoms with Crippen molar-refractivity contribution in [3.05, 3.63) is 0 Å². The lowest BCUT2D eigenvalue weighted by Gasteiger charge is -1.98. The van der Waals surface area contributed by atoms with Gasteiger partial charge >= 0.3 is 0 Å². The fraction of sp³-hybridized carbons (Fsp3) is 0.750. The lowest BCUT2D eigenvalue weighted by Crippen LogP contribution is -2.12. The Hall–Kier alpha value is -0.0800. The van der Waals surface area contributed by atoms with Crippen molar-refractivity contribution in [3.8, 4) is 0 Å². The molecule has 2 nitrogen and oxygen atoms in total. The van der Waals surface area contributed by atoms with Crippen LogP contribution in [0.4, 0.5) is 0 Å². The Morgan fingerprint density at radius 2 is 2.29 bits per heavy atom. The van der Waals surface area contributed by atoms with Crippen LogP contribution in [-0.4, -0.2) is 18.5 Å². The summed E-state index contributed by atoms with van der Waals surface area (Å²) in [5, 5.41) is -0.456. The number of rotatable bonds is 2. The number of hydrogen-bond donors (Lipinski definition) is 0. The van der Waals surface area contributed by atoms with Gasteiger partial charge in [0.2, 0.25) is 5.24 Å². The molecule has 0 heterocycles. The van der Waals surface area contributed by atoms with E-state index >= 15 is 0 Å². The summed E-state index contributed by atoms with van der Waals surface area (Å²) in [6.07, 6.45) is -0.471. The molecule has 7 heavy (non-hydrogen) atoms. The number of carbonyl (C=O) groups is 1. The van der Waals surface area contributed by atoms with Gasteiger partial charge in [0.05, 0.1) is 0 Å². The average molecular weight is 123 g/mol. The Morgan fingerprint density at radius 3 is 2.29 bits per heavy atom. The maximum Gasteiger partial charge on any atom is 0.250 e. The molecule has 0 aromatic carbocycles. The van der Waals surface area contributed by atoms with Gasteiger partial charge in [-0.15, -0.1) is 0 Å². The van der Waals surface area contributed by atoms with Crippen molar-refractivity contribution in [2.45, 2.75) is 13.0 Å². The van der Waals surface area contributed by atoms with Crippen molar-refractivity contribution in [3.63, 3.8) is 0 Å². The van der Waals surface area contributed by atoms with E-state index in [2.05, 4.69) is 4.74 Å². The summed E-state index contributed by atoms with van der Waals surface area (Å²) >= 11 is 4.96. The van der Waals surface area contributed by atoms with Crippen molar-refractivity contribution in [2.24, 2.45) is 0 Å². The number of hydrogen-bond acceptors (Lipinski definition) is 2. The van der Waals surface area contributed by atoms with Crippen molar-refractivity contribution in [1.82, 2.24) is 0 Å². The van der Waals surface area contributed by atoms with E-state index in [-0.39, 0.29) is 0 Å². The van der Waals surface area contributed by atoms with Gasteiger partial charge in [-0.1, -0.05) is 0 Å². The highest BCUT2D eigenvalue weighted by Crippen LogP contribution is 1.91. The van der Waals surface area contributed by atoms with E-state index in [9.17, 15) is 4.79 Å². The summed E-state index contributed by atoms with van der Waals surface area (Å²) in [5.41, 5.74) is 0. The van der Waals surface area contributed by atoms with Gasteiger partial charge in [0.25, 0.3) is 0 Å². The standard InChI is InChI=1S/C4H7ClO2/c1-3(7-2)4(5)6/h3H,1-2H3/t3-/m1/s1. The predicted octanol–water partition coefficient (Wildman–Crippen LogP) is 0.787. The highest BCUT2D eigenvalue weighted by Gasteiger charge is 2.05. The molecule has 0 fully saturated rings. The van der Waals surface area contributed by atoms with Gasteiger partial charge in [-0.2, -0.15) is 0 Å². The maximum atomic E-state index is 10.0. The third-order valence-corrected chi connectivity index (χ3v) is 0.980. The van der Waals surface area contributed by atoms with Crippen LogP contribution in [0.5, 0.6) is 0 Å². The molecule has 0 spiro atoms. The largest absolute Gasteiger partial charge is 0.373 e. The molecule has 0 aromatic heterocycles. The Bertz CT molecular complexity index is 72.1. The van der Waals surface area contributed by atoms with Gasteiger partial charge < -0.3 is 4.74 Å². The highest BCUT2D eigenvalue weighted by molar-refractivity contribution is 6.64. The molecule has 0 saturated heterocycles. The molecule has 0 unspecified atom stereocenters. The molecule has 0 aliphatic carbocycles. The van der Waals surface area contributed by atoms with E-state index in [4.69, 9.17) is 11.6 Å². The molecule has 0 bridgehead atoms. The summed E-state index contributed by atoms with van der Waals surface area (Å²) in [6, 6.07) is 0. The van der Waals surface area contributed by atoms with Crippen LogP contribution >= 0.6 is 11.6 Å². The van der Waals surface area contributed by atoms with Gasteiger partial charge in [0, 0.05) is 7.11 Å². The first-order chi connectivity index (χ1) is 3.18. The zero-order chi connectivity index (χ0) is 5.86. The lowest BCUT2D eigenvalue weighted by molar-refractivity contribution is -0.119. The fourth-order valence-electron chi connectivity index (χ4n) is 0.0927. The van der Waals surface area contributed by atoms with Crippen molar-refractivity contribution in [1.29, 1.82) is 0 Å². The smallest absolute Gasteiger partial charge is 0.250 e. The summed E-state index contributed by atoms with van der Waals surface area (Å²) in [7, 11) is 1.44. The zero-order valence-corrected chi connectivity index (χ0v) is 5.03. The minimum absolute atomic E-state index is 0.456. The minimum atomic E-state index is -0.471. The van der Waals surface area contributed by atoms with Crippen molar-refractivity contribution >= 4 is 16.8 Å². The zero-order valence-electron chi connectivity index (χ0n) is 4.27. The first-order valence-electron chi connectivity index (χ1n) is 1.90. The topological polar surface area (TPSA) is 26.3 Å². The molecule has 0 aliphatic heterocycles. The number of halogens is 1. The Kier molecular flexibility index (Phi) is 2.96. The summed E-state index contributed by atoms with van der Waals surface area (Å²) in [6.45, 7) is 1.59. The molecular formula is C4H7ClO2. The molecular weight excluding hydrogens is 115 g/mol. The van der Waals surface area contributed by atoms with Crippen LogP contribution < -0.4 is 0 Å². The van der Waals surface area contributed by atoms with Crippen LogP contribution in [0.25, 0.3) is 0 Å². The van der Waals surface area contributed by atoms with Crippen LogP contribution in [0.2, 0.25) is 0 Å². The number of methoxy groups -OCH3 is 1. The van der Waals surface area contributed by atoms with Crippen molar-refractivity contribution < 1.29 is 9.53 Å². The Morgan fingerprint density at radius 1 is 1.86 bits per heavy atom. The molecule has 0 amide bonds. The van der Waals surface area contributed by atoms with Gasteiger partial charge in [-0.3, -0.25) is 4.79 Å². The molecule has 0 radical (unpaired) electrons. The molecule has 0 N–H and O–H groups in total. The van der Waals surface area contributed by atoms with Gasteiger partial charge in [0.15, 0.2) is 0 Å². The molecule has 0 aliphatic rings. The monoisotopic (exact) mass is 122 g/mol. The van der Waals surface area contributed by atoms with E-state index in [0.717, 1.165) is 0 Å². The fourth-order valence-corrected chi connectivity index (χ4v) is 0.182. The van der Waals surface area contributed by atoms with E-state index in [1.807, 2.05) is 0 Å². The number of carbonyl (C=O) groups excluding carboxylic acids is 1. The predicted molar refractivity (Wildman–Crippen MR) is 27.3 cm³/mol. The van der Waals surface area contributed by atoms with Crippen LogP contribution in [-0.2, 0) is 9.53 Å². The summed E-state index contributed by atoms with van der Waals surface area (Å²) in [4.78, 5) is 10.0. The normalized spacial score (nSPS) is 13.6. The maximum absolute atomic E-state index is 10.0. The summed E-state index contributed by atoms with van der Waals surface area (Å²) < 4.78 is 4.53. The molecule has 42 valence electrons. The third-order valence-electron chi connectivity index (χ3n) is 0.673. The van der Waals surface area contributed by atoms with Crippen LogP contribution in [0.3, 0.4) is 0 Å². The summed E-state index contributed by atoms with van der Waals surface area (Å²) in [5.74, 6) is 0. The molecule has 0 rings (SSSR count). The Balaban J connectivity index is 3.34. The first kappa shape index (κ1) is 6.92. The van der Waals surface area contributed by atoms with E-state index < -0.39 is 11.3 Å². The second-order valence-electron chi connectivity index (χ2n) is 1.18. The average Bonchev–Trinajstić information content (AvgIpc) is 1.65. The van der Waals surface area contributed by atoms with Gasteiger partial charge in [-0.25, -0.2) is 0 Å². The van der Waals surface area contributed by atoms with Gasteiger partial charge in [0.1, 0.15) is 6.10 Å². The van der Waals surface area contributed by atoms with E-state index in [0.29, 0.717) is 0 Å².